The van der Waals surface area contributed by atoms with Crippen LogP contribution in [0.4, 0.5) is 0 Å². The first-order valence-electron chi connectivity index (χ1n) is 9.25. The second-order valence-electron chi connectivity index (χ2n) is 6.37. The van der Waals surface area contributed by atoms with Crippen LogP contribution in [0, 0.1) is 0 Å². The number of fused-ring (bicyclic) bond motifs is 1. The van der Waals surface area contributed by atoms with Crippen molar-refractivity contribution in [2.75, 3.05) is 14.2 Å². The molecular formula is C21H20Cl2N4O5. The summed E-state index contributed by atoms with van der Waals surface area (Å²) in [6.07, 6.45) is 2.11. The van der Waals surface area contributed by atoms with Gasteiger partial charge in [0.15, 0.2) is 11.4 Å². The van der Waals surface area contributed by atoms with E-state index in [1.54, 1.807) is 36.4 Å². The standard InChI is InChI=1S/C21H20Cl2N4O5/c1-24-16(18(30-2)25-13-7-4-11(22)5-8-13)20(28)32-21(29)17-19(31-3)27-14-9-6-12(23)10-15(14)26-17/h4-7,9-10,20-21,28-29H,1,8H2,2-3H3/b18-16+,25-13?. The molecule has 0 bridgehead atoms. The highest BCUT2D eigenvalue weighted by atomic mass is 35.5. The minimum Gasteiger partial charge on any atom is -0.480 e. The zero-order valence-electron chi connectivity index (χ0n) is 17.2. The number of nitrogens with zero attached hydrogens (tertiary/aromatic N) is 4. The van der Waals surface area contributed by atoms with Crippen molar-refractivity contribution in [3.8, 4) is 5.88 Å². The van der Waals surface area contributed by atoms with Crippen LogP contribution in [0.15, 0.2) is 63.0 Å². The largest absolute Gasteiger partial charge is 0.480 e. The number of aliphatic hydroxyl groups excluding tert-OH is 2. The van der Waals surface area contributed by atoms with E-state index in [1.807, 2.05) is 0 Å². The number of allylic oxidation sites excluding steroid dienone is 4. The summed E-state index contributed by atoms with van der Waals surface area (Å²) in [5.74, 6) is -0.0334. The third-order valence-electron chi connectivity index (χ3n) is 4.31. The first kappa shape index (κ1) is 23.8. The van der Waals surface area contributed by atoms with Gasteiger partial charge in [-0.15, -0.1) is 0 Å². The Bertz CT molecular complexity index is 1150. The Kier molecular flexibility index (Phi) is 7.94. The molecule has 32 heavy (non-hydrogen) atoms. The molecule has 3 rings (SSSR count). The second-order valence-corrected chi connectivity index (χ2v) is 7.25. The molecule has 1 heterocycles. The lowest BCUT2D eigenvalue weighted by atomic mass is 10.1. The second kappa shape index (κ2) is 10.7. The number of ether oxygens (including phenoxy) is 3. The zero-order valence-corrected chi connectivity index (χ0v) is 18.7. The molecule has 2 N–H and O–H groups in total. The summed E-state index contributed by atoms with van der Waals surface area (Å²) in [4.78, 5) is 16.6. The maximum Gasteiger partial charge on any atom is 0.241 e. The molecule has 0 aliphatic heterocycles. The van der Waals surface area contributed by atoms with Crippen molar-refractivity contribution in [2.24, 2.45) is 9.98 Å². The van der Waals surface area contributed by atoms with Gasteiger partial charge in [0, 0.05) is 22.2 Å². The molecule has 2 aromatic rings. The molecule has 1 aromatic heterocycles. The number of methoxy groups -OCH3 is 2. The highest BCUT2D eigenvalue weighted by Crippen LogP contribution is 2.28. The highest BCUT2D eigenvalue weighted by molar-refractivity contribution is 6.32. The number of aromatic nitrogens is 2. The summed E-state index contributed by atoms with van der Waals surface area (Å²) >= 11 is 11.9. The minimum absolute atomic E-state index is 0.0137. The Balaban J connectivity index is 1.89. The Labute approximate surface area is 194 Å². The molecule has 2 unspecified atom stereocenters. The van der Waals surface area contributed by atoms with E-state index >= 15 is 0 Å². The van der Waals surface area contributed by atoms with Crippen LogP contribution in [-0.4, -0.2) is 53.1 Å². The Hall–Kier alpha value is -2.82. The zero-order chi connectivity index (χ0) is 23.3. The van der Waals surface area contributed by atoms with Gasteiger partial charge in [-0.05, 0) is 37.1 Å². The van der Waals surface area contributed by atoms with Crippen LogP contribution in [0.5, 0.6) is 5.88 Å². The molecule has 0 spiro atoms. The monoisotopic (exact) mass is 478 g/mol. The molecule has 9 nitrogen and oxygen atoms in total. The van der Waals surface area contributed by atoms with Gasteiger partial charge in [0.2, 0.25) is 24.3 Å². The summed E-state index contributed by atoms with van der Waals surface area (Å²) in [5, 5.41) is 22.2. The van der Waals surface area contributed by atoms with E-state index in [9.17, 15) is 10.2 Å². The summed E-state index contributed by atoms with van der Waals surface area (Å²) in [5.41, 5.74) is 1.30. The number of halogens is 2. The molecule has 168 valence electrons. The molecule has 11 heteroatoms. The summed E-state index contributed by atoms with van der Waals surface area (Å²) < 4.78 is 15.7. The average molecular weight is 479 g/mol. The summed E-state index contributed by atoms with van der Waals surface area (Å²) in [6.45, 7) is 3.42. The Morgan fingerprint density at radius 2 is 1.94 bits per heavy atom. The van der Waals surface area contributed by atoms with E-state index < -0.39 is 12.6 Å². The van der Waals surface area contributed by atoms with E-state index in [-0.39, 0.29) is 23.2 Å². The van der Waals surface area contributed by atoms with Crippen LogP contribution in [0.1, 0.15) is 18.4 Å². The topological polar surface area (TPSA) is 119 Å². The third kappa shape index (κ3) is 5.50. The van der Waals surface area contributed by atoms with Gasteiger partial charge in [0.25, 0.3) is 0 Å². The molecular weight excluding hydrogens is 459 g/mol. The van der Waals surface area contributed by atoms with Crippen molar-refractivity contribution in [1.82, 2.24) is 9.97 Å². The van der Waals surface area contributed by atoms with Gasteiger partial charge in [-0.3, -0.25) is 4.99 Å². The van der Waals surface area contributed by atoms with Gasteiger partial charge in [-0.25, -0.2) is 15.0 Å². The number of aliphatic imine (C=N–C) groups is 2. The molecule has 1 aromatic carbocycles. The number of rotatable bonds is 8. The van der Waals surface area contributed by atoms with Crippen molar-refractivity contribution < 1.29 is 24.4 Å². The Morgan fingerprint density at radius 3 is 2.56 bits per heavy atom. The predicted octanol–water partition coefficient (Wildman–Crippen LogP) is 3.66. The van der Waals surface area contributed by atoms with Gasteiger partial charge in [-0.2, -0.15) is 0 Å². The minimum atomic E-state index is -1.75. The molecule has 0 fully saturated rings. The quantitative estimate of drug-likeness (QED) is 0.337. The Morgan fingerprint density at radius 1 is 1.16 bits per heavy atom. The van der Waals surface area contributed by atoms with Gasteiger partial charge >= 0.3 is 0 Å². The third-order valence-corrected chi connectivity index (χ3v) is 4.82. The fourth-order valence-electron chi connectivity index (χ4n) is 2.77. The fourth-order valence-corrected chi connectivity index (χ4v) is 3.08. The first-order valence-corrected chi connectivity index (χ1v) is 10.0. The maximum absolute atomic E-state index is 10.6. The van der Waals surface area contributed by atoms with E-state index in [0.717, 1.165) is 0 Å². The number of hydrogen-bond donors (Lipinski definition) is 2. The van der Waals surface area contributed by atoms with Crippen LogP contribution >= 0.6 is 23.2 Å². The lowest BCUT2D eigenvalue weighted by Crippen LogP contribution is -2.21. The molecule has 0 saturated carbocycles. The van der Waals surface area contributed by atoms with Gasteiger partial charge in [0.05, 0.1) is 25.3 Å². The molecule has 1 aliphatic carbocycles. The van der Waals surface area contributed by atoms with E-state index in [2.05, 4.69) is 26.7 Å². The molecule has 0 saturated heterocycles. The van der Waals surface area contributed by atoms with Crippen LogP contribution in [0.2, 0.25) is 5.02 Å². The van der Waals surface area contributed by atoms with Crippen LogP contribution in [-0.2, 0) is 9.47 Å². The van der Waals surface area contributed by atoms with Crippen molar-refractivity contribution in [3.63, 3.8) is 0 Å². The van der Waals surface area contributed by atoms with Gasteiger partial charge < -0.3 is 24.4 Å². The smallest absolute Gasteiger partial charge is 0.241 e. The van der Waals surface area contributed by atoms with Crippen LogP contribution < -0.4 is 4.74 Å². The van der Waals surface area contributed by atoms with Crippen LogP contribution in [0.3, 0.4) is 0 Å². The van der Waals surface area contributed by atoms with Crippen molar-refractivity contribution in [3.05, 3.63) is 63.8 Å². The maximum atomic E-state index is 10.6. The van der Waals surface area contributed by atoms with Crippen molar-refractivity contribution in [2.45, 2.75) is 19.0 Å². The number of hydrogen-bond acceptors (Lipinski definition) is 9. The fraction of sp³-hybridized carbons (Fsp3) is 0.238. The molecule has 2 atom stereocenters. The van der Waals surface area contributed by atoms with Gasteiger partial charge in [-0.1, -0.05) is 29.3 Å². The summed E-state index contributed by atoms with van der Waals surface area (Å²) in [7, 11) is 2.72. The lowest BCUT2D eigenvalue weighted by Gasteiger charge is -2.19. The van der Waals surface area contributed by atoms with Crippen LogP contribution in [0.25, 0.3) is 11.0 Å². The highest BCUT2D eigenvalue weighted by Gasteiger charge is 2.26. The number of aliphatic hydroxyl groups is 2. The van der Waals surface area contributed by atoms with E-state index in [4.69, 9.17) is 37.4 Å². The summed E-state index contributed by atoms with van der Waals surface area (Å²) in [6, 6.07) is 4.89. The molecule has 1 aliphatic rings. The first-order chi connectivity index (χ1) is 15.4. The van der Waals surface area contributed by atoms with Crippen molar-refractivity contribution >= 4 is 46.7 Å². The predicted molar refractivity (Wildman–Crippen MR) is 122 cm³/mol. The van der Waals surface area contributed by atoms with E-state index in [0.29, 0.717) is 33.2 Å². The average Bonchev–Trinajstić information content (AvgIpc) is 2.79. The molecule has 0 radical (unpaired) electrons. The van der Waals surface area contributed by atoms with Crippen molar-refractivity contribution in [1.29, 1.82) is 0 Å². The number of benzene rings is 1. The lowest BCUT2D eigenvalue weighted by molar-refractivity contribution is -0.198. The normalized spacial score (nSPS) is 17.6. The van der Waals surface area contributed by atoms with E-state index in [1.165, 1.54) is 14.2 Å². The molecule has 0 amide bonds. The van der Waals surface area contributed by atoms with Gasteiger partial charge in [0.1, 0.15) is 0 Å². The SMILES string of the molecule is C=N/C(=C(\N=C1C=CC(Cl)=CC1)OC)C(O)OC(O)c1nc2cc(Cl)ccc2nc1OC.